The lowest BCUT2D eigenvalue weighted by Crippen LogP contribution is -2.46. The maximum atomic E-state index is 13.8. The summed E-state index contributed by atoms with van der Waals surface area (Å²) in [6.07, 6.45) is 1.84. The highest BCUT2D eigenvalue weighted by atomic mass is 19.1. The number of benzene rings is 2. The number of carbonyl (C=O) groups is 2. The lowest BCUT2D eigenvalue weighted by molar-refractivity contribution is -0.111. The summed E-state index contributed by atoms with van der Waals surface area (Å²) in [7, 11) is 0. The van der Waals surface area contributed by atoms with Gasteiger partial charge in [-0.3, -0.25) is 9.59 Å². The van der Waals surface area contributed by atoms with Gasteiger partial charge in [-0.25, -0.2) is 4.39 Å². The molecule has 3 aliphatic rings. The second-order valence-electron chi connectivity index (χ2n) is 8.67. The monoisotopic (exact) mass is 433 g/mol. The number of fused-ring (bicyclic) bond motifs is 1. The Morgan fingerprint density at radius 3 is 2.53 bits per heavy atom. The number of piperazine rings is 1. The molecule has 164 valence electrons. The molecule has 1 fully saturated rings. The first-order valence-electron chi connectivity index (χ1n) is 10.7. The van der Waals surface area contributed by atoms with Gasteiger partial charge in [0.25, 0.3) is 11.8 Å². The third-order valence-electron chi connectivity index (χ3n) is 6.11. The van der Waals surface area contributed by atoms with E-state index in [1.54, 1.807) is 6.07 Å². The van der Waals surface area contributed by atoms with E-state index >= 15 is 0 Å². The van der Waals surface area contributed by atoms with E-state index in [9.17, 15) is 14.0 Å². The summed E-state index contributed by atoms with van der Waals surface area (Å²) < 4.78 is 20.0. The highest BCUT2D eigenvalue weighted by molar-refractivity contribution is 6.32. The molecule has 0 spiro atoms. The second-order valence-corrected chi connectivity index (χ2v) is 8.67. The number of rotatable bonds is 2. The minimum atomic E-state index is -0.692. The van der Waals surface area contributed by atoms with Crippen molar-refractivity contribution in [3.63, 3.8) is 0 Å². The van der Waals surface area contributed by atoms with E-state index in [0.717, 1.165) is 24.2 Å². The molecule has 0 radical (unpaired) electrons. The number of ether oxygens (including phenoxy) is 1. The van der Waals surface area contributed by atoms with Crippen molar-refractivity contribution < 1.29 is 18.7 Å². The van der Waals surface area contributed by atoms with Gasteiger partial charge >= 0.3 is 0 Å². The Morgan fingerprint density at radius 2 is 1.81 bits per heavy atom. The summed E-state index contributed by atoms with van der Waals surface area (Å²) in [4.78, 5) is 27.2. The molecule has 0 bridgehead atoms. The van der Waals surface area contributed by atoms with Crippen molar-refractivity contribution in [2.45, 2.75) is 19.4 Å². The van der Waals surface area contributed by atoms with Crippen LogP contribution in [-0.4, -0.2) is 48.5 Å². The lowest BCUT2D eigenvalue weighted by atomic mass is 9.91. The van der Waals surface area contributed by atoms with Gasteiger partial charge in [0, 0.05) is 48.6 Å². The SMILES string of the molecule is CC1(C)O/C(=C2/C(=O)Nc3ccc(F)cc32)C=C1c1ccc(C(=O)N2CCNCC2)cc1. The van der Waals surface area contributed by atoms with Crippen molar-refractivity contribution in [2.75, 3.05) is 31.5 Å². The lowest BCUT2D eigenvalue weighted by Gasteiger charge is -2.27. The van der Waals surface area contributed by atoms with Gasteiger partial charge in [-0.15, -0.1) is 0 Å². The fourth-order valence-electron chi connectivity index (χ4n) is 4.45. The van der Waals surface area contributed by atoms with Gasteiger partial charge in [0.2, 0.25) is 0 Å². The number of hydrogen-bond acceptors (Lipinski definition) is 4. The number of nitrogens with zero attached hydrogens (tertiary/aromatic N) is 1. The van der Waals surface area contributed by atoms with Crippen molar-refractivity contribution in [3.05, 3.63) is 76.8 Å². The highest BCUT2D eigenvalue weighted by Gasteiger charge is 2.38. The molecule has 0 atom stereocenters. The first kappa shape index (κ1) is 20.5. The van der Waals surface area contributed by atoms with E-state index in [4.69, 9.17) is 4.74 Å². The smallest absolute Gasteiger partial charge is 0.260 e. The normalized spacial score (nSPS) is 21.7. The fraction of sp³-hybridized carbons (Fsp3) is 0.280. The Labute approximate surface area is 185 Å². The Hall–Kier alpha value is -3.45. The number of amides is 2. The number of nitrogens with one attached hydrogen (secondary N) is 2. The number of allylic oxidation sites excluding steroid dienone is 1. The van der Waals surface area contributed by atoms with Crippen molar-refractivity contribution in [3.8, 4) is 0 Å². The van der Waals surface area contributed by atoms with Gasteiger partial charge in [-0.05, 0) is 55.8 Å². The summed E-state index contributed by atoms with van der Waals surface area (Å²) in [5.41, 5.74) is 3.13. The fourth-order valence-corrected chi connectivity index (χ4v) is 4.45. The quantitative estimate of drug-likeness (QED) is 0.712. The molecule has 2 amide bonds. The van der Waals surface area contributed by atoms with Crippen LogP contribution in [0.2, 0.25) is 0 Å². The van der Waals surface area contributed by atoms with E-state index < -0.39 is 11.4 Å². The zero-order chi connectivity index (χ0) is 22.5. The van der Waals surface area contributed by atoms with Crippen molar-refractivity contribution >= 4 is 28.6 Å². The van der Waals surface area contributed by atoms with Crippen LogP contribution in [0, 0.1) is 5.82 Å². The predicted molar refractivity (Wildman–Crippen MR) is 120 cm³/mol. The molecule has 32 heavy (non-hydrogen) atoms. The summed E-state index contributed by atoms with van der Waals surface area (Å²) in [5, 5.41) is 6.01. The molecule has 2 aromatic carbocycles. The summed E-state index contributed by atoms with van der Waals surface area (Å²) in [6.45, 7) is 6.86. The minimum Gasteiger partial charge on any atom is -0.482 e. The summed E-state index contributed by atoms with van der Waals surface area (Å²) in [5.74, 6) is -0.290. The molecule has 3 heterocycles. The van der Waals surface area contributed by atoms with Crippen LogP contribution in [0.5, 0.6) is 0 Å². The first-order chi connectivity index (χ1) is 15.3. The van der Waals surface area contributed by atoms with Crippen molar-refractivity contribution in [2.24, 2.45) is 0 Å². The van der Waals surface area contributed by atoms with Crippen LogP contribution in [0.4, 0.5) is 10.1 Å². The molecular formula is C25H24FN3O3. The molecular weight excluding hydrogens is 409 g/mol. The Bertz CT molecular complexity index is 1180. The molecule has 7 heteroatoms. The maximum Gasteiger partial charge on any atom is 0.260 e. The Kier molecular flexibility index (Phi) is 4.86. The van der Waals surface area contributed by atoms with Gasteiger partial charge < -0.3 is 20.3 Å². The van der Waals surface area contributed by atoms with Gasteiger partial charge in [0.05, 0.1) is 5.57 Å². The molecule has 5 rings (SSSR count). The minimum absolute atomic E-state index is 0.0260. The molecule has 2 N–H and O–H groups in total. The number of hydrogen-bond donors (Lipinski definition) is 2. The Morgan fingerprint density at radius 1 is 1.09 bits per heavy atom. The van der Waals surface area contributed by atoms with Crippen molar-refractivity contribution in [1.82, 2.24) is 10.2 Å². The van der Waals surface area contributed by atoms with E-state index in [2.05, 4.69) is 10.6 Å². The molecule has 6 nitrogen and oxygen atoms in total. The molecule has 2 aromatic rings. The molecule has 0 aromatic heterocycles. The predicted octanol–water partition coefficient (Wildman–Crippen LogP) is 3.43. The van der Waals surface area contributed by atoms with E-state index in [1.807, 2.05) is 49.1 Å². The van der Waals surface area contributed by atoms with Crippen LogP contribution in [-0.2, 0) is 9.53 Å². The van der Waals surface area contributed by atoms with E-state index in [0.29, 0.717) is 41.2 Å². The molecule has 0 unspecified atom stereocenters. The summed E-state index contributed by atoms with van der Waals surface area (Å²) in [6, 6.07) is 11.7. The van der Waals surface area contributed by atoms with Gasteiger partial charge in [-0.2, -0.15) is 0 Å². The van der Waals surface area contributed by atoms with E-state index in [1.165, 1.54) is 12.1 Å². The first-order valence-corrected chi connectivity index (χ1v) is 10.7. The highest BCUT2D eigenvalue weighted by Crippen LogP contribution is 2.44. The number of anilines is 1. The average Bonchev–Trinajstić information content (AvgIpc) is 3.28. The molecule has 0 saturated carbocycles. The van der Waals surface area contributed by atoms with Gasteiger partial charge in [0.1, 0.15) is 17.2 Å². The largest absolute Gasteiger partial charge is 0.482 e. The Balaban J connectivity index is 1.48. The molecule has 0 aliphatic carbocycles. The van der Waals surface area contributed by atoms with Gasteiger partial charge in [-0.1, -0.05) is 12.1 Å². The second kappa shape index (κ2) is 7.60. The third kappa shape index (κ3) is 3.48. The average molecular weight is 433 g/mol. The van der Waals surface area contributed by atoms with E-state index in [-0.39, 0.29) is 11.8 Å². The van der Waals surface area contributed by atoms with Crippen LogP contribution in [0.3, 0.4) is 0 Å². The zero-order valence-corrected chi connectivity index (χ0v) is 18.0. The third-order valence-corrected chi connectivity index (χ3v) is 6.11. The van der Waals surface area contributed by atoms with Gasteiger partial charge in [0.15, 0.2) is 0 Å². The summed E-state index contributed by atoms with van der Waals surface area (Å²) >= 11 is 0. The van der Waals surface area contributed by atoms with Crippen molar-refractivity contribution in [1.29, 1.82) is 0 Å². The standard InChI is InChI=1S/C25H24FN3O3/c1-25(2)19(15-3-5-16(6-4-15)24(31)29-11-9-27-10-12-29)14-21(32-25)22-18-13-17(26)7-8-20(18)28-23(22)30/h3-8,13-14,27H,9-12H2,1-2H3,(H,28,30)/b22-21+. The number of halogens is 1. The molecule has 1 saturated heterocycles. The van der Waals surface area contributed by atoms with Crippen LogP contribution in [0.1, 0.15) is 35.3 Å². The molecule has 3 aliphatic heterocycles. The van der Waals surface area contributed by atoms with Crippen LogP contribution < -0.4 is 10.6 Å². The number of carbonyl (C=O) groups excluding carboxylic acids is 2. The topological polar surface area (TPSA) is 70.7 Å². The maximum absolute atomic E-state index is 13.8. The van der Waals surface area contributed by atoms with Crippen LogP contribution in [0.15, 0.2) is 54.3 Å². The zero-order valence-electron chi connectivity index (χ0n) is 18.0. The van der Waals surface area contributed by atoms with Crippen LogP contribution in [0.25, 0.3) is 11.1 Å². The van der Waals surface area contributed by atoms with Crippen LogP contribution >= 0.6 is 0 Å².